The molecular weight excluding hydrogens is 306 g/mol. The second-order valence-electron chi connectivity index (χ2n) is 6.86. The molecule has 4 aromatic rings. The summed E-state index contributed by atoms with van der Waals surface area (Å²) in [6.45, 7) is 2.12. The van der Waals surface area contributed by atoms with Crippen LogP contribution in [0.4, 0.5) is 5.82 Å². The molecule has 0 radical (unpaired) electrons. The lowest BCUT2D eigenvalue weighted by Gasteiger charge is -2.33. The van der Waals surface area contributed by atoms with Crippen LogP contribution in [0, 0.1) is 0 Å². The van der Waals surface area contributed by atoms with Crippen LogP contribution >= 0.6 is 0 Å². The van der Waals surface area contributed by atoms with E-state index in [1.807, 2.05) is 0 Å². The molecule has 124 valence electrons. The molecule has 3 heterocycles. The minimum atomic E-state index is 0.667. The van der Waals surface area contributed by atoms with E-state index < -0.39 is 0 Å². The molecule has 3 heteroatoms. The van der Waals surface area contributed by atoms with Crippen LogP contribution in [-0.2, 0) is 0 Å². The van der Waals surface area contributed by atoms with Gasteiger partial charge in [0.05, 0.1) is 16.6 Å². The lowest BCUT2D eigenvalue weighted by Crippen LogP contribution is -2.33. The van der Waals surface area contributed by atoms with E-state index in [-0.39, 0.29) is 0 Å². The van der Waals surface area contributed by atoms with Gasteiger partial charge in [0.2, 0.25) is 0 Å². The SMILES string of the molecule is c1ccc(C2CCN(c3nc4ccccc4n4cccc34)CC2)cc1. The number of anilines is 1. The van der Waals surface area contributed by atoms with Crippen molar-refractivity contribution in [1.82, 2.24) is 9.38 Å². The molecule has 0 bridgehead atoms. The fourth-order valence-corrected chi connectivity index (χ4v) is 4.09. The Kier molecular flexibility index (Phi) is 3.44. The summed E-state index contributed by atoms with van der Waals surface area (Å²) < 4.78 is 2.26. The average Bonchev–Trinajstić information content (AvgIpc) is 3.18. The van der Waals surface area contributed by atoms with Crippen molar-refractivity contribution in [3.63, 3.8) is 0 Å². The van der Waals surface area contributed by atoms with Crippen LogP contribution in [0.3, 0.4) is 0 Å². The molecule has 5 rings (SSSR count). The van der Waals surface area contributed by atoms with Crippen LogP contribution in [0.25, 0.3) is 16.6 Å². The van der Waals surface area contributed by atoms with E-state index in [0.717, 1.165) is 24.4 Å². The van der Waals surface area contributed by atoms with Crippen LogP contribution in [0.2, 0.25) is 0 Å². The Morgan fingerprint density at radius 1 is 0.760 bits per heavy atom. The van der Waals surface area contributed by atoms with Gasteiger partial charge >= 0.3 is 0 Å². The number of hydrogen-bond donors (Lipinski definition) is 0. The molecule has 1 aliphatic heterocycles. The van der Waals surface area contributed by atoms with Crippen molar-refractivity contribution < 1.29 is 0 Å². The Bertz CT molecular complexity index is 1010. The normalized spacial score (nSPS) is 15.9. The molecule has 0 amide bonds. The van der Waals surface area contributed by atoms with Crippen molar-refractivity contribution in [1.29, 1.82) is 0 Å². The maximum Gasteiger partial charge on any atom is 0.153 e. The third-order valence-electron chi connectivity index (χ3n) is 5.41. The van der Waals surface area contributed by atoms with Gasteiger partial charge in [-0.3, -0.25) is 0 Å². The van der Waals surface area contributed by atoms with Gasteiger partial charge in [0.25, 0.3) is 0 Å². The molecule has 1 saturated heterocycles. The zero-order valence-electron chi connectivity index (χ0n) is 14.2. The van der Waals surface area contributed by atoms with Crippen LogP contribution in [0.5, 0.6) is 0 Å². The molecule has 25 heavy (non-hydrogen) atoms. The van der Waals surface area contributed by atoms with Crippen LogP contribution in [0.15, 0.2) is 72.9 Å². The zero-order valence-corrected chi connectivity index (χ0v) is 14.2. The number of nitrogens with zero attached hydrogens (tertiary/aromatic N) is 3. The number of para-hydroxylation sites is 2. The first-order valence-electron chi connectivity index (χ1n) is 9.06. The first-order chi connectivity index (χ1) is 12.4. The lowest BCUT2D eigenvalue weighted by molar-refractivity contribution is 0.503. The fraction of sp³-hybridized carbons (Fsp3) is 0.227. The number of rotatable bonds is 2. The number of piperidine rings is 1. The zero-order chi connectivity index (χ0) is 16.6. The molecule has 0 spiro atoms. The standard InChI is InChI=1S/C22H21N3/c1-2-7-17(8-3-1)18-12-15-24(16-13-18)22-21-11-6-14-25(21)20-10-5-4-9-19(20)23-22/h1-11,14,18H,12-13,15-16H2. The van der Waals surface area contributed by atoms with Gasteiger partial charge in [-0.2, -0.15) is 0 Å². The van der Waals surface area contributed by atoms with Crippen molar-refractivity contribution in [2.75, 3.05) is 18.0 Å². The van der Waals surface area contributed by atoms with E-state index in [9.17, 15) is 0 Å². The predicted octanol–water partition coefficient (Wildman–Crippen LogP) is 4.87. The number of hydrogen-bond acceptors (Lipinski definition) is 2. The van der Waals surface area contributed by atoms with E-state index in [1.54, 1.807) is 0 Å². The summed E-state index contributed by atoms with van der Waals surface area (Å²) in [6, 6.07) is 23.6. The van der Waals surface area contributed by atoms with Gasteiger partial charge in [-0.05, 0) is 48.6 Å². The minimum Gasteiger partial charge on any atom is -0.355 e. The third kappa shape index (κ3) is 2.47. The van der Waals surface area contributed by atoms with E-state index >= 15 is 0 Å². The Hall–Kier alpha value is -2.81. The summed E-state index contributed by atoms with van der Waals surface area (Å²) in [7, 11) is 0. The van der Waals surface area contributed by atoms with Crippen LogP contribution in [0.1, 0.15) is 24.3 Å². The molecular formula is C22H21N3. The highest BCUT2D eigenvalue weighted by molar-refractivity contribution is 5.85. The minimum absolute atomic E-state index is 0.667. The molecule has 2 aromatic carbocycles. The van der Waals surface area contributed by atoms with Gasteiger partial charge in [0.15, 0.2) is 5.82 Å². The van der Waals surface area contributed by atoms with Gasteiger partial charge in [0.1, 0.15) is 0 Å². The highest BCUT2D eigenvalue weighted by atomic mass is 15.2. The molecule has 1 aliphatic rings. The molecule has 0 atom stereocenters. The van der Waals surface area contributed by atoms with Crippen LogP contribution in [-0.4, -0.2) is 22.5 Å². The Morgan fingerprint density at radius 3 is 2.32 bits per heavy atom. The molecule has 3 nitrogen and oxygen atoms in total. The maximum atomic E-state index is 5.00. The summed E-state index contributed by atoms with van der Waals surface area (Å²) in [6.07, 6.45) is 4.51. The van der Waals surface area contributed by atoms with Crippen molar-refractivity contribution >= 4 is 22.4 Å². The number of aromatic nitrogens is 2. The molecule has 0 saturated carbocycles. The van der Waals surface area contributed by atoms with Gasteiger partial charge in [-0.25, -0.2) is 4.98 Å². The largest absolute Gasteiger partial charge is 0.355 e. The van der Waals surface area contributed by atoms with Crippen molar-refractivity contribution in [2.24, 2.45) is 0 Å². The monoisotopic (exact) mass is 327 g/mol. The summed E-state index contributed by atoms with van der Waals surface area (Å²) in [4.78, 5) is 7.46. The fourth-order valence-electron chi connectivity index (χ4n) is 4.09. The number of fused-ring (bicyclic) bond motifs is 3. The third-order valence-corrected chi connectivity index (χ3v) is 5.41. The van der Waals surface area contributed by atoms with Gasteiger partial charge in [0, 0.05) is 19.3 Å². The van der Waals surface area contributed by atoms with Gasteiger partial charge in [-0.1, -0.05) is 42.5 Å². The topological polar surface area (TPSA) is 20.5 Å². The van der Waals surface area contributed by atoms with Gasteiger partial charge < -0.3 is 9.30 Å². The predicted molar refractivity (Wildman–Crippen MR) is 103 cm³/mol. The first-order valence-corrected chi connectivity index (χ1v) is 9.06. The first kappa shape index (κ1) is 14.5. The van der Waals surface area contributed by atoms with Crippen molar-refractivity contribution in [3.05, 3.63) is 78.5 Å². The van der Waals surface area contributed by atoms with E-state index in [4.69, 9.17) is 4.98 Å². The van der Waals surface area contributed by atoms with E-state index in [0.29, 0.717) is 5.92 Å². The lowest BCUT2D eigenvalue weighted by atomic mass is 9.89. The molecule has 0 N–H and O–H groups in total. The second-order valence-corrected chi connectivity index (χ2v) is 6.86. The second kappa shape index (κ2) is 5.92. The van der Waals surface area contributed by atoms with E-state index in [1.165, 1.54) is 29.4 Å². The molecule has 2 aromatic heterocycles. The summed E-state index contributed by atoms with van der Waals surface area (Å²) in [5.41, 5.74) is 4.91. The summed E-state index contributed by atoms with van der Waals surface area (Å²) in [5, 5.41) is 0. The summed E-state index contributed by atoms with van der Waals surface area (Å²) >= 11 is 0. The smallest absolute Gasteiger partial charge is 0.153 e. The Balaban J connectivity index is 1.49. The van der Waals surface area contributed by atoms with Gasteiger partial charge in [-0.15, -0.1) is 0 Å². The molecule has 1 fully saturated rings. The quantitative estimate of drug-likeness (QED) is 0.523. The average molecular weight is 327 g/mol. The summed E-state index contributed by atoms with van der Waals surface area (Å²) in [5.74, 6) is 1.79. The highest BCUT2D eigenvalue weighted by Gasteiger charge is 2.23. The molecule has 0 unspecified atom stereocenters. The Labute approximate surface area is 147 Å². The highest BCUT2D eigenvalue weighted by Crippen LogP contribution is 2.32. The van der Waals surface area contributed by atoms with Crippen LogP contribution < -0.4 is 4.90 Å². The van der Waals surface area contributed by atoms with E-state index in [2.05, 4.69) is 82.2 Å². The van der Waals surface area contributed by atoms with Crippen molar-refractivity contribution in [3.8, 4) is 0 Å². The Morgan fingerprint density at radius 2 is 1.48 bits per heavy atom. The number of benzene rings is 2. The maximum absolute atomic E-state index is 5.00. The molecule has 0 aliphatic carbocycles. The van der Waals surface area contributed by atoms with Crippen molar-refractivity contribution in [2.45, 2.75) is 18.8 Å².